The van der Waals surface area contributed by atoms with Crippen molar-refractivity contribution in [2.24, 2.45) is 17.8 Å². The number of carbonyl (C=O) groups excluding carboxylic acids is 1. The summed E-state index contributed by atoms with van der Waals surface area (Å²) < 4.78 is 0. The summed E-state index contributed by atoms with van der Waals surface area (Å²) in [5.74, 6) is 3.33. The number of hydrogen-bond acceptors (Lipinski definition) is 6. The molecular formula is C29H47N5O. The van der Waals surface area contributed by atoms with E-state index in [9.17, 15) is 4.79 Å². The number of carbonyl (C=O) groups is 1. The predicted molar refractivity (Wildman–Crippen MR) is 142 cm³/mol. The molecule has 1 aromatic rings. The predicted octanol–water partition coefficient (Wildman–Crippen LogP) is 4.75. The molecule has 1 aliphatic carbocycles. The molecule has 194 valence electrons. The number of aromatic nitrogens is 2. The van der Waals surface area contributed by atoms with Crippen LogP contribution in [0.5, 0.6) is 0 Å². The van der Waals surface area contributed by atoms with E-state index in [-0.39, 0.29) is 5.92 Å². The van der Waals surface area contributed by atoms with Crippen LogP contribution < -0.4 is 4.90 Å². The number of likely N-dealkylation sites (tertiary alicyclic amines) is 2. The molecule has 4 heterocycles. The van der Waals surface area contributed by atoms with Crippen LogP contribution >= 0.6 is 0 Å². The Morgan fingerprint density at radius 3 is 2.03 bits per heavy atom. The van der Waals surface area contributed by atoms with Crippen LogP contribution in [0.3, 0.4) is 0 Å². The Morgan fingerprint density at radius 2 is 1.49 bits per heavy atom. The summed E-state index contributed by atoms with van der Waals surface area (Å²) in [7, 11) is 0. The first kappa shape index (κ1) is 25.1. The van der Waals surface area contributed by atoms with Gasteiger partial charge in [0.25, 0.3) is 0 Å². The maximum Gasteiger partial charge on any atom is 0.225 e. The Hall–Kier alpha value is -1.53. The quantitative estimate of drug-likeness (QED) is 0.560. The van der Waals surface area contributed by atoms with Crippen LogP contribution in [-0.2, 0) is 4.79 Å². The summed E-state index contributed by atoms with van der Waals surface area (Å²) in [4.78, 5) is 29.9. The Bertz CT molecular complexity index is 825. The van der Waals surface area contributed by atoms with Gasteiger partial charge in [0.2, 0.25) is 5.95 Å². The standard InChI is InChI=1S/C29H47N5O/c1-20(2)28(35)24-7-5-22(6-8-24)17-32-13-11-23(12-14-32)25-15-30-29(31-16-25)34-26-9-10-27(34)19-33(18-26)21(3)4/h15-16,20-24,26-27H,5-14,17-19H2,1-4H3/t22-,24-,26?,27?. The highest BCUT2D eigenvalue weighted by atomic mass is 16.1. The molecule has 0 radical (unpaired) electrons. The number of hydrogen-bond donors (Lipinski definition) is 0. The maximum atomic E-state index is 12.3. The van der Waals surface area contributed by atoms with Crippen LogP contribution in [0.1, 0.15) is 90.5 Å². The van der Waals surface area contributed by atoms with Crippen LogP contribution in [0.15, 0.2) is 12.4 Å². The Labute approximate surface area is 212 Å². The molecule has 6 nitrogen and oxygen atoms in total. The summed E-state index contributed by atoms with van der Waals surface area (Å²) in [5, 5.41) is 0. The van der Waals surface area contributed by atoms with Gasteiger partial charge < -0.3 is 9.80 Å². The zero-order valence-electron chi connectivity index (χ0n) is 22.5. The highest BCUT2D eigenvalue weighted by molar-refractivity contribution is 5.82. The second kappa shape index (κ2) is 10.8. The van der Waals surface area contributed by atoms with Crippen molar-refractivity contribution >= 4 is 11.7 Å². The average Bonchev–Trinajstić information content (AvgIpc) is 3.13. The van der Waals surface area contributed by atoms with Gasteiger partial charge in [-0.25, -0.2) is 9.97 Å². The molecule has 1 saturated carbocycles. The third kappa shape index (κ3) is 5.58. The van der Waals surface area contributed by atoms with Crippen molar-refractivity contribution in [1.82, 2.24) is 19.8 Å². The van der Waals surface area contributed by atoms with Crippen LogP contribution in [-0.4, -0.2) is 76.4 Å². The zero-order chi connectivity index (χ0) is 24.5. The normalized spacial score (nSPS) is 31.0. The summed E-state index contributed by atoms with van der Waals surface area (Å²) in [6.07, 6.45) is 13.9. The van der Waals surface area contributed by atoms with Gasteiger partial charge in [0.15, 0.2) is 0 Å². The summed E-state index contributed by atoms with van der Waals surface area (Å²) in [6, 6.07) is 1.77. The molecule has 1 aromatic heterocycles. The first-order chi connectivity index (χ1) is 16.9. The zero-order valence-corrected chi connectivity index (χ0v) is 22.5. The monoisotopic (exact) mass is 481 g/mol. The van der Waals surface area contributed by atoms with E-state index in [2.05, 4.69) is 54.8 Å². The van der Waals surface area contributed by atoms with Crippen molar-refractivity contribution < 1.29 is 4.79 Å². The maximum absolute atomic E-state index is 12.3. The first-order valence-electron chi connectivity index (χ1n) is 14.5. The fraction of sp³-hybridized carbons (Fsp3) is 0.828. The Morgan fingerprint density at radius 1 is 0.886 bits per heavy atom. The van der Waals surface area contributed by atoms with E-state index >= 15 is 0 Å². The highest BCUT2D eigenvalue weighted by Crippen LogP contribution is 2.36. The molecule has 6 heteroatoms. The number of ketones is 1. The largest absolute Gasteiger partial charge is 0.332 e. The van der Waals surface area contributed by atoms with E-state index in [0.717, 1.165) is 37.8 Å². The van der Waals surface area contributed by atoms with Crippen LogP contribution in [0, 0.1) is 17.8 Å². The van der Waals surface area contributed by atoms with E-state index in [4.69, 9.17) is 9.97 Å². The molecule has 3 saturated heterocycles. The van der Waals surface area contributed by atoms with E-state index < -0.39 is 0 Å². The molecule has 2 unspecified atom stereocenters. The minimum absolute atomic E-state index is 0.193. The SMILES string of the molecule is CC(C)C(=O)[C@H]1CC[C@H](CN2CCC(c3cnc(N4C5CCC4CN(C(C)C)C5)nc3)CC2)CC1. The van der Waals surface area contributed by atoms with E-state index in [0.29, 0.717) is 35.7 Å². The number of Topliss-reactive ketones (excluding diaryl/α,β-unsaturated/α-hetero) is 1. The van der Waals surface area contributed by atoms with Crippen LogP contribution in [0.25, 0.3) is 0 Å². The number of piperazine rings is 1. The first-order valence-corrected chi connectivity index (χ1v) is 14.5. The molecular weight excluding hydrogens is 434 g/mol. The third-order valence-electron chi connectivity index (χ3n) is 9.52. The summed E-state index contributed by atoms with van der Waals surface area (Å²) in [5.41, 5.74) is 1.33. The molecule has 0 aromatic carbocycles. The molecule has 4 fully saturated rings. The van der Waals surface area contributed by atoms with Crippen molar-refractivity contribution in [2.45, 2.75) is 103 Å². The van der Waals surface area contributed by atoms with Crippen LogP contribution in [0.4, 0.5) is 5.95 Å². The summed E-state index contributed by atoms with van der Waals surface area (Å²) >= 11 is 0. The van der Waals surface area contributed by atoms with Gasteiger partial charge in [-0.2, -0.15) is 0 Å². The molecule has 0 spiro atoms. The van der Waals surface area contributed by atoms with Crippen molar-refractivity contribution in [2.75, 3.05) is 37.6 Å². The molecule has 2 atom stereocenters. The second-order valence-electron chi connectivity index (χ2n) is 12.5. The minimum Gasteiger partial charge on any atom is -0.332 e. The van der Waals surface area contributed by atoms with Gasteiger partial charge in [-0.3, -0.25) is 9.69 Å². The number of fused-ring (bicyclic) bond motifs is 2. The van der Waals surface area contributed by atoms with Crippen molar-refractivity contribution in [3.8, 4) is 0 Å². The third-order valence-corrected chi connectivity index (χ3v) is 9.52. The molecule has 2 bridgehead atoms. The van der Waals surface area contributed by atoms with Gasteiger partial charge in [0.05, 0.1) is 0 Å². The van der Waals surface area contributed by atoms with E-state index in [1.54, 1.807) is 0 Å². The van der Waals surface area contributed by atoms with Gasteiger partial charge in [-0.15, -0.1) is 0 Å². The second-order valence-corrected chi connectivity index (χ2v) is 12.5. The molecule has 4 aliphatic rings. The number of rotatable bonds is 7. The smallest absolute Gasteiger partial charge is 0.225 e. The number of anilines is 1. The van der Waals surface area contributed by atoms with Crippen molar-refractivity contribution in [3.63, 3.8) is 0 Å². The van der Waals surface area contributed by atoms with Crippen LogP contribution in [0.2, 0.25) is 0 Å². The lowest BCUT2D eigenvalue weighted by atomic mass is 9.77. The number of piperidine rings is 1. The minimum atomic E-state index is 0.193. The lowest BCUT2D eigenvalue weighted by Gasteiger charge is -2.42. The fourth-order valence-electron chi connectivity index (χ4n) is 7.27. The lowest BCUT2D eigenvalue weighted by Crippen LogP contribution is -2.56. The lowest BCUT2D eigenvalue weighted by molar-refractivity contribution is -0.127. The van der Waals surface area contributed by atoms with Gasteiger partial charge in [0, 0.05) is 62.0 Å². The average molecular weight is 482 g/mol. The molecule has 35 heavy (non-hydrogen) atoms. The van der Waals surface area contributed by atoms with Gasteiger partial charge in [-0.1, -0.05) is 13.8 Å². The topological polar surface area (TPSA) is 52.6 Å². The fourth-order valence-corrected chi connectivity index (χ4v) is 7.27. The Balaban J connectivity index is 1.09. The van der Waals surface area contributed by atoms with E-state index in [1.165, 1.54) is 63.7 Å². The van der Waals surface area contributed by atoms with Gasteiger partial charge in [-0.05, 0) is 95.7 Å². The summed E-state index contributed by atoms with van der Waals surface area (Å²) in [6.45, 7) is 14.6. The number of nitrogens with zero attached hydrogens (tertiary/aromatic N) is 5. The molecule has 5 rings (SSSR count). The van der Waals surface area contributed by atoms with Crippen molar-refractivity contribution in [3.05, 3.63) is 18.0 Å². The molecule has 3 aliphatic heterocycles. The van der Waals surface area contributed by atoms with Crippen molar-refractivity contribution in [1.29, 1.82) is 0 Å². The molecule has 0 amide bonds. The van der Waals surface area contributed by atoms with Gasteiger partial charge in [0.1, 0.15) is 5.78 Å². The van der Waals surface area contributed by atoms with E-state index in [1.807, 2.05) is 0 Å². The highest BCUT2D eigenvalue weighted by Gasteiger charge is 2.41. The molecule has 0 N–H and O–H groups in total. The van der Waals surface area contributed by atoms with Gasteiger partial charge >= 0.3 is 0 Å². The Kier molecular flexibility index (Phi) is 7.78.